The molecule has 0 aromatic heterocycles. The van der Waals surface area contributed by atoms with E-state index in [2.05, 4.69) is 11.4 Å². The largest absolute Gasteiger partial charge is 0.329 e. The Morgan fingerprint density at radius 2 is 1.97 bits per heavy atom. The Hall–Kier alpha value is -2.44. The molecule has 1 heterocycles. The number of carbonyl (C=O) groups is 2. The first-order valence-corrected chi connectivity index (χ1v) is 10.2. The smallest absolute Gasteiger partial charge is 0.319 e. The van der Waals surface area contributed by atoms with Crippen molar-refractivity contribution < 1.29 is 18.9 Å². The number of hydrogen-bond donors (Lipinski definition) is 2. The second-order valence-electron chi connectivity index (χ2n) is 8.12. The Morgan fingerprint density at radius 3 is 2.72 bits per heavy atom. The topological polar surface area (TPSA) is 53.9 Å². The van der Waals surface area contributed by atoms with Crippen LogP contribution in [0, 0.1) is 5.82 Å². The van der Waals surface area contributed by atoms with Gasteiger partial charge in [0.1, 0.15) is 17.9 Å². The number of benzene rings is 2. The zero-order chi connectivity index (χ0) is 20.8. The Morgan fingerprint density at radius 1 is 1.21 bits per heavy atom. The molecule has 7 heteroatoms. The molecule has 1 aliphatic carbocycles. The molecule has 4 rings (SSSR count). The summed E-state index contributed by atoms with van der Waals surface area (Å²) in [5.41, 5.74) is 2.65. The molecular weight excluding hydrogens is 393 g/mol. The summed E-state index contributed by atoms with van der Waals surface area (Å²) in [5, 5.41) is 3.19. The lowest BCUT2D eigenvalue weighted by Gasteiger charge is -2.24. The van der Waals surface area contributed by atoms with Gasteiger partial charge in [-0.3, -0.25) is 4.79 Å². The highest BCUT2D eigenvalue weighted by Crippen LogP contribution is 2.32. The van der Waals surface area contributed by atoms with Crippen molar-refractivity contribution in [1.82, 2.24) is 10.2 Å². The summed E-state index contributed by atoms with van der Waals surface area (Å²) in [6, 6.07) is 10.1. The maximum Gasteiger partial charge on any atom is 0.329 e. The van der Waals surface area contributed by atoms with E-state index < -0.39 is 17.4 Å². The quantitative estimate of drug-likeness (QED) is 0.735. The molecule has 0 spiro atoms. The molecule has 0 bridgehead atoms. The van der Waals surface area contributed by atoms with Crippen LogP contribution in [-0.4, -0.2) is 30.6 Å². The number of hydrogen-bond acceptors (Lipinski definition) is 2. The van der Waals surface area contributed by atoms with Gasteiger partial charge in [0.25, 0.3) is 5.91 Å². The summed E-state index contributed by atoms with van der Waals surface area (Å²) in [6.45, 7) is 2.13. The van der Waals surface area contributed by atoms with E-state index in [0.29, 0.717) is 10.6 Å². The van der Waals surface area contributed by atoms with Gasteiger partial charge in [-0.15, -0.1) is 0 Å². The van der Waals surface area contributed by atoms with Crippen LogP contribution in [0.25, 0.3) is 0 Å². The lowest BCUT2D eigenvalue weighted by atomic mass is 9.90. The zero-order valence-electron chi connectivity index (χ0n) is 16.5. The molecule has 1 aliphatic heterocycles. The van der Waals surface area contributed by atoms with Crippen LogP contribution in [0.3, 0.4) is 0 Å². The third-order valence-corrected chi connectivity index (χ3v) is 6.27. The van der Waals surface area contributed by atoms with Gasteiger partial charge in [-0.1, -0.05) is 35.9 Å². The Kier molecular flexibility index (Phi) is 5.09. The summed E-state index contributed by atoms with van der Waals surface area (Å²) >= 11 is 6.11. The highest BCUT2D eigenvalue weighted by Gasteiger charge is 2.50. The molecule has 1 fully saturated rings. The lowest BCUT2D eigenvalue weighted by Crippen LogP contribution is -3.09. The molecule has 2 aliphatic rings. The lowest BCUT2D eigenvalue weighted by molar-refractivity contribution is -0.901. The number of imide groups is 1. The second-order valence-corrected chi connectivity index (χ2v) is 8.52. The highest BCUT2D eigenvalue weighted by molar-refractivity contribution is 6.31. The number of urea groups is 1. The van der Waals surface area contributed by atoms with Gasteiger partial charge in [0.15, 0.2) is 6.67 Å². The molecule has 0 saturated carbocycles. The fraction of sp³-hybridized carbons (Fsp3) is 0.364. The molecule has 3 amide bonds. The molecule has 1 unspecified atom stereocenters. The van der Waals surface area contributed by atoms with Crippen LogP contribution in [0.4, 0.5) is 9.18 Å². The first kappa shape index (κ1) is 19.9. The van der Waals surface area contributed by atoms with Crippen LogP contribution in [0.1, 0.15) is 35.6 Å². The number of aryl methyl sites for hydroxylation is 2. The Bertz CT molecular complexity index is 976. The molecule has 29 heavy (non-hydrogen) atoms. The van der Waals surface area contributed by atoms with Crippen molar-refractivity contribution in [2.45, 2.75) is 38.3 Å². The molecule has 1 saturated heterocycles. The summed E-state index contributed by atoms with van der Waals surface area (Å²) in [5.74, 6) is -0.684. The van der Waals surface area contributed by atoms with Crippen molar-refractivity contribution in [3.8, 4) is 0 Å². The van der Waals surface area contributed by atoms with Gasteiger partial charge in [0, 0.05) is 0 Å². The van der Waals surface area contributed by atoms with Crippen LogP contribution in [0.2, 0.25) is 5.02 Å². The number of quaternary nitrogens is 1. The Balaban J connectivity index is 1.52. The second kappa shape index (κ2) is 7.43. The summed E-state index contributed by atoms with van der Waals surface area (Å²) in [6.07, 6.45) is 3.18. The SMILES string of the molecule is C[NH+](Cc1c(F)cccc1Cl)CN1C(=O)N[C@@](C)(c2ccc3c(c2)CCC3)C1=O. The summed E-state index contributed by atoms with van der Waals surface area (Å²) in [4.78, 5) is 27.8. The average Bonchev–Trinajstić information content (AvgIpc) is 3.23. The summed E-state index contributed by atoms with van der Waals surface area (Å²) < 4.78 is 14.1. The van der Waals surface area contributed by atoms with Crippen molar-refractivity contribution in [2.75, 3.05) is 13.7 Å². The molecule has 0 radical (unpaired) electrons. The predicted molar refractivity (Wildman–Crippen MR) is 108 cm³/mol. The molecular formula is C22H24ClFN3O2+. The highest BCUT2D eigenvalue weighted by atomic mass is 35.5. The van der Waals surface area contributed by atoms with Crippen molar-refractivity contribution >= 4 is 23.5 Å². The number of halogens is 2. The third kappa shape index (κ3) is 3.51. The third-order valence-electron chi connectivity index (χ3n) is 5.92. The van der Waals surface area contributed by atoms with E-state index in [9.17, 15) is 14.0 Å². The first-order chi connectivity index (χ1) is 13.8. The molecule has 5 nitrogen and oxygen atoms in total. The van der Waals surface area contributed by atoms with Crippen LogP contribution in [0.5, 0.6) is 0 Å². The molecule has 2 aromatic rings. The number of carbonyl (C=O) groups excluding carboxylic acids is 2. The minimum absolute atomic E-state index is 0.121. The fourth-order valence-electron chi connectivity index (χ4n) is 4.25. The first-order valence-electron chi connectivity index (χ1n) is 9.80. The molecule has 2 N–H and O–H groups in total. The minimum atomic E-state index is -1.09. The zero-order valence-corrected chi connectivity index (χ0v) is 17.3. The van der Waals surface area contributed by atoms with E-state index in [0.717, 1.165) is 29.7 Å². The van der Waals surface area contributed by atoms with E-state index in [1.165, 1.54) is 22.1 Å². The molecule has 2 atom stereocenters. The van der Waals surface area contributed by atoms with Crippen molar-refractivity contribution in [1.29, 1.82) is 0 Å². The number of nitrogens with one attached hydrogen (secondary N) is 2. The predicted octanol–water partition coefficient (Wildman–Crippen LogP) is 2.41. The monoisotopic (exact) mass is 416 g/mol. The van der Waals surface area contributed by atoms with E-state index in [-0.39, 0.29) is 19.1 Å². The number of rotatable bonds is 5. The molecule has 2 aromatic carbocycles. The van der Waals surface area contributed by atoms with Crippen molar-refractivity contribution in [2.24, 2.45) is 0 Å². The maximum atomic E-state index is 14.1. The van der Waals surface area contributed by atoms with Crippen LogP contribution in [0.15, 0.2) is 36.4 Å². The van der Waals surface area contributed by atoms with Gasteiger partial charge >= 0.3 is 6.03 Å². The van der Waals surface area contributed by atoms with Gasteiger partial charge in [0.05, 0.1) is 17.6 Å². The van der Waals surface area contributed by atoms with Crippen LogP contribution in [-0.2, 0) is 29.7 Å². The van der Waals surface area contributed by atoms with Crippen LogP contribution >= 0.6 is 11.6 Å². The van der Waals surface area contributed by atoms with Gasteiger partial charge in [-0.25, -0.2) is 14.1 Å². The van der Waals surface area contributed by atoms with Crippen LogP contribution < -0.4 is 10.2 Å². The van der Waals surface area contributed by atoms with E-state index >= 15 is 0 Å². The van der Waals surface area contributed by atoms with E-state index in [1.54, 1.807) is 26.1 Å². The van der Waals surface area contributed by atoms with E-state index in [1.807, 2.05) is 12.1 Å². The van der Waals surface area contributed by atoms with E-state index in [4.69, 9.17) is 11.6 Å². The normalized spacial score (nSPS) is 22.0. The minimum Gasteiger partial charge on any atom is -0.319 e. The van der Waals surface area contributed by atoms with Crippen molar-refractivity contribution in [3.05, 3.63) is 69.5 Å². The van der Waals surface area contributed by atoms with Gasteiger partial charge < -0.3 is 10.2 Å². The maximum absolute atomic E-state index is 14.1. The number of amides is 3. The average molecular weight is 417 g/mol. The van der Waals surface area contributed by atoms with Gasteiger partial charge in [-0.05, 0) is 55.0 Å². The standard InChI is InChI=1S/C22H23ClFN3O2/c1-22(16-10-9-14-5-3-6-15(14)11-16)20(28)27(21(29)25-22)13-26(2)12-17-18(23)7-4-8-19(17)24/h4,7-11H,3,5-6,12-13H2,1-2H3,(H,25,29)/p+1/t22-/m0/s1. The Labute approximate surface area is 174 Å². The van der Waals surface area contributed by atoms with Gasteiger partial charge in [-0.2, -0.15) is 0 Å². The number of fused-ring (bicyclic) bond motifs is 1. The fourth-order valence-corrected chi connectivity index (χ4v) is 4.48. The van der Waals surface area contributed by atoms with Crippen molar-refractivity contribution in [3.63, 3.8) is 0 Å². The number of nitrogens with zero attached hydrogens (tertiary/aromatic N) is 1. The summed E-state index contributed by atoms with van der Waals surface area (Å²) in [7, 11) is 1.80. The van der Waals surface area contributed by atoms with Gasteiger partial charge in [0.2, 0.25) is 0 Å². The molecule has 152 valence electrons.